The summed E-state index contributed by atoms with van der Waals surface area (Å²) in [5.74, 6) is 0.319. The quantitative estimate of drug-likeness (QED) is 0.767. The summed E-state index contributed by atoms with van der Waals surface area (Å²) in [6.45, 7) is 1.30. The number of carbonyl (C=O) groups excluding carboxylic acids is 1. The van der Waals surface area contributed by atoms with Crippen LogP contribution < -0.4 is 5.73 Å². The molecule has 4 rings (SSSR count). The van der Waals surface area contributed by atoms with Crippen molar-refractivity contribution in [3.8, 4) is 9.88 Å². The van der Waals surface area contributed by atoms with Gasteiger partial charge < -0.3 is 10.6 Å². The summed E-state index contributed by atoms with van der Waals surface area (Å²) in [4.78, 5) is 20.3. The lowest BCUT2D eigenvalue weighted by Crippen LogP contribution is -2.33. The maximum absolute atomic E-state index is 12.7. The second-order valence-corrected chi connectivity index (χ2v) is 8.08. The number of rotatable bonds is 4. The Labute approximate surface area is 154 Å². The van der Waals surface area contributed by atoms with E-state index >= 15 is 0 Å². The molecular weight excluding hydrogens is 350 g/mol. The number of hydrogen-bond acceptors (Lipinski definition) is 5. The van der Waals surface area contributed by atoms with Gasteiger partial charge in [-0.1, -0.05) is 36.4 Å². The lowest BCUT2D eigenvalue weighted by Gasteiger charge is -2.16. The molecule has 0 unspecified atom stereocenters. The van der Waals surface area contributed by atoms with Gasteiger partial charge in [-0.25, -0.2) is 4.98 Å². The minimum Gasteiger partial charge on any atom is -0.340 e. The molecule has 3 aromatic rings. The Kier molecular flexibility index (Phi) is 4.65. The van der Waals surface area contributed by atoms with Crippen molar-refractivity contribution in [2.75, 3.05) is 13.1 Å². The first kappa shape index (κ1) is 16.4. The van der Waals surface area contributed by atoms with E-state index in [-0.39, 0.29) is 17.9 Å². The van der Waals surface area contributed by atoms with Gasteiger partial charge in [-0.05, 0) is 17.0 Å². The first-order valence-corrected chi connectivity index (χ1v) is 10.0. The van der Waals surface area contributed by atoms with Crippen LogP contribution >= 0.6 is 22.7 Å². The van der Waals surface area contributed by atoms with Crippen LogP contribution in [0, 0.1) is 0 Å². The zero-order valence-electron chi connectivity index (χ0n) is 13.7. The van der Waals surface area contributed by atoms with Crippen LogP contribution in [0.3, 0.4) is 0 Å². The van der Waals surface area contributed by atoms with Crippen LogP contribution in [0.5, 0.6) is 0 Å². The standard InChI is InChI=1S/C19H19N3OS2/c20-16-11-22(10-15(16)13-5-2-1-3-6-13)18(23)9-14-12-25-19(21-14)17-7-4-8-24-17/h1-8,12,15-16H,9-11,20H2/t15-,16+/m0/s1. The predicted molar refractivity (Wildman–Crippen MR) is 103 cm³/mol. The van der Waals surface area contributed by atoms with Crippen LogP contribution in [-0.2, 0) is 11.2 Å². The van der Waals surface area contributed by atoms with Crippen molar-refractivity contribution in [2.45, 2.75) is 18.4 Å². The van der Waals surface area contributed by atoms with Crippen LogP contribution in [0.1, 0.15) is 17.2 Å². The number of nitrogens with two attached hydrogens (primary N) is 1. The lowest BCUT2D eigenvalue weighted by atomic mass is 9.95. The Morgan fingerprint density at radius 1 is 1.16 bits per heavy atom. The number of aromatic nitrogens is 1. The van der Waals surface area contributed by atoms with Crippen molar-refractivity contribution in [2.24, 2.45) is 5.73 Å². The number of thiazole rings is 1. The van der Waals surface area contributed by atoms with Gasteiger partial charge in [0.25, 0.3) is 0 Å². The van der Waals surface area contributed by atoms with Crippen molar-refractivity contribution in [1.82, 2.24) is 9.88 Å². The molecule has 2 N–H and O–H groups in total. The molecule has 0 bridgehead atoms. The van der Waals surface area contributed by atoms with E-state index in [1.54, 1.807) is 22.7 Å². The molecule has 0 spiro atoms. The summed E-state index contributed by atoms with van der Waals surface area (Å²) in [6, 6.07) is 14.3. The number of amides is 1. The second-order valence-electron chi connectivity index (χ2n) is 6.28. The highest BCUT2D eigenvalue weighted by Gasteiger charge is 2.33. The van der Waals surface area contributed by atoms with Crippen LogP contribution in [0.4, 0.5) is 0 Å². The van der Waals surface area contributed by atoms with Crippen molar-refractivity contribution in [3.05, 3.63) is 64.5 Å². The molecule has 1 fully saturated rings. The zero-order chi connectivity index (χ0) is 17.2. The Morgan fingerprint density at radius 2 is 2.00 bits per heavy atom. The molecule has 1 aliphatic rings. The van der Waals surface area contributed by atoms with Crippen LogP contribution in [0.15, 0.2) is 53.2 Å². The van der Waals surface area contributed by atoms with Crippen LogP contribution in [0.25, 0.3) is 9.88 Å². The number of benzene rings is 1. The minimum atomic E-state index is -0.0107. The van der Waals surface area contributed by atoms with Gasteiger partial charge in [0.15, 0.2) is 0 Å². The first-order chi connectivity index (χ1) is 12.2. The van der Waals surface area contributed by atoms with Gasteiger partial charge in [0.1, 0.15) is 5.01 Å². The summed E-state index contributed by atoms with van der Waals surface area (Å²) in [5, 5.41) is 5.01. The van der Waals surface area contributed by atoms with Crippen molar-refractivity contribution in [3.63, 3.8) is 0 Å². The fraction of sp³-hybridized carbons (Fsp3) is 0.263. The maximum Gasteiger partial charge on any atom is 0.228 e. The summed E-state index contributed by atoms with van der Waals surface area (Å²) in [6.07, 6.45) is 0.343. The third-order valence-electron chi connectivity index (χ3n) is 4.56. The molecule has 1 aromatic carbocycles. The highest BCUT2D eigenvalue weighted by Crippen LogP contribution is 2.29. The van der Waals surface area contributed by atoms with Gasteiger partial charge in [-0.2, -0.15) is 0 Å². The SMILES string of the molecule is N[C@@H]1CN(C(=O)Cc2csc(-c3cccs3)n2)C[C@H]1c1ccccc1. The molecule has 4 nitrogen and oxygen atoms in total. The van der Waals surface area contributed by atoms with E-state index in [1.807, 2.05) is 39.9 Å². The van der Waals surface area contributed by atoms with E-state index in [1.165, 1.54) is 5.56 Å². The lowest BCUT2D eigenvalue weighted by molar-refractivity contribution is -0.129. The second kappa shape index (κ2) is 7.07. The molecule has 1 aliphatic heterocycles. The summed E-state index contributed by atoms with van der Waals surface area (Å²) in [5.41, 5.74) is 8.34. The molecule has 0 radical (unpaired) electrons. The Hall–Kier alpha value is -2.02. The Bertz CT molecular complexity index is 845. The number of thiophene rings is 1. The predicted octanol–water partition coefficient (Wildman–Crippen LogP) is 3.37. The average Bonchev–Trinajstić information content (AvgIpc) is 3.35. The topological polar surface area (TPSA) is 59.2 Å². The summed E-state index contributed by atoms with van der Waals surface area (Å²) < 4.78 is 0. The monoisotopic (exact) mass is 369 g/mol. The van der Waals surface area contributed by atoms with Crippen molar-refractivity contribution in [1.29, 1.82) is 0 Å². The normalized spacial score (nSPS) is 20.1. The molecular formula is C19H19N3OS2. The van der Waals surface area contributed by atoms with Gasteiger partial charge >= 0.3 is 0 Å². The smallest absolute Gasteiger partial charge is 0.228 e. The Balaban J connectivity index is 1.42. The molecule has 3 heterocycles. The van der Waals surface area contributed by atoms with E-state index < -0.39 is 0 Å². The zero-order valence-corrected chi connectivity index (χ0v) is 15.3. The fourth-order valence-corrected chi connectivity index (χ4v) is 4.89. The number of hydrogen-bond donors (Lipinski definition) is 1. The van der Waals surface area contributed by atoms with E-state index in [4.69, 9.17) is 5.73 Å². The maximum atomic E-state index is 12.7. The number of carbonyl (C=O) groups is 1. The Morgan fingerprint density at radius 3 is 2.76 bits per heavy atom. The molecule has 25 heavy (non-hydrogen) atoms. The third kappa shape index (κ3) is 3.51. The van der Waals surface area contributed by atoms with Gasteiger partial charge in [0.2, 0.25) is 5.91 Å². The van der Waals surface area contributed by atoms with E-state index in [2.05, 4.69) is 23.2 Å². The van der Waals surface area contributed by atoms with E-state index in [9.17, 15) is 4.79 Å². The highest BCUT2D eigenvalue weighted by atomic mass is 32.1. The molecule has 128 valence electrons. The third-order valence-corrected chi connectivity index (χ3v) is 6.49. The summed E-state index contributed by atoms with van der Waals surface area (Å²) >= 11 is 3.26. The fourth-order valence-electron chi connectivity index (χ4n) is 3.25. The van der Waals surface area contributed by atoms with Crippen molar-refractivity contribution < 1.29 is 4.79 Å². The average molecular weight is 370 g/mol. The van der Waals surface area contributed by atoms with E-state index in [0.717, 1.165) is 15.6 Å². The van der Waals surface area contributed by atoms with E-state index in [0.29, 0.717) is 19.5 Å². The molecule has 2 atom stereocenters. The molecule has 2 aromatic heterocycles. The van der Waals surface area contributed by atoms with Gasteiger partial charge in [-0.15, -0.1) is 22.7 Å². The highest BCUT2D eigenvalue weighted by molar-refractivity contribution is 7.20. The first-order valence-electron chi connectivity index (χ1n) is 8.27. The van der Waals surface area contributed by atoms with Crippen LogP contribution in [0.2, 0.25) is 0 Å². The van der Waals surface area contributed by atoms with Gasteiger partial charge in [0, 0.05) is 30.4 Å². The number of likely N-dealkylation sites (tertiary alicyclic amines) is 1. The van der Waals surface area contributed by atoms with Crippen molar-refractivity contribution >= 4 is 28.6 Å². The van der Waals surface area contributed by atoms with Crippen LogP contribution in [-0.4, -0.2) is 34.9 Å². The molecule has 0 saturated carbocycles. The van der Waals surface area contributed by atoms with Gasteiger partial charge in [-0.3, -0.25) is 4.79 Å². The largest absolute Gasteiger partial charge is 0.340 e. The molecule has 0 aliphatic carbocycles. The molecule has 1 saturated heterocycles. The van der Waals surface area contributed by atoms with Gasteiger partial charge in [0.05, 0.1) is 17.0 Å². The molecule has 1 amide bonds. The number of nitrogens with zero attached hydrogens (tertiary/aromatic N) is 2. The minimum absolute atomic E-state index is 0.0107. The summed E-state index contributed by atoms with van der Waals surface area (Å²) in [7, 11) is 0. The molecule has 6 heteroatoms.